The maximum absolute atomic E-state index is 11.4. The molecule has 1 aliphatic heterocycles. The molecule has 0 radical (unpaired) electrons. The zero-order valence-corrected chi connectivity index (χ0v) is 7.91. The molecule has 2 aliphatic rings. The van der Waals surface area contributed by atoms with Gasteiger partial charge in [0.2, 0.25) is 5.91 Å². The smallest absolute Gasteiger partial charge is 0.223 e. The Morgan fingerprint density at radius 2 is 2.15 bits per heavy atom. The quantitative estimate of drug-likeness (QED) is 0.697. The van der Waals surface area contributed by atoms with E-state index in [1.807, 2.05) is 4.90 Å². The fourth-order valence-electron chi connectivity index (χ4n) is 2.14. The average molecular weight is 183 g/mol. The maximum Gasteiger partial charge on any atom is 0.223 e. The molecule has 0 aromatic carbocycles. The van der Waals surface area contributed by atoms with Gasteiger partial charge in [-0.25, -0.2) is 0 Å². The van der Waals surface area contributed by atoms with Gasteiger partial charge in [-0.3, -0.25) is 4.79 Å². The van der Waals surface area contributed by atoms with E-state index in [0.717, 1.165) is 19.0 Å². The normalized spacial score (nSPS) is 29.5. The Hall–Kier alpha value is -0.570. The monoisotopic (exact) mass is 183 g/mol. The number of amides is 1. The van der Waals surface area contributed by atoms with Crippen molar-refractivity contribution in [2.75, 3.05) is 19.7 Å². The standard InChI is InChI=1S/C10H17NO2/c12-7-9-4-10(13)11(6-9)5-8-2-1-3-8/h8-9,12H,1-7H2. The van der Waals surface area contributed by atoms with Crippen LogP contribution in [0.25, 0.3) is 0 Å². The minimum Gasteiger partial charge on any atom is -0.396 e. The third-order valence-corrected chi connectivity index (χ3v) is 3.26. The van der Waals surface area contributed by atoms with E-state index in [4.69, 9.17) is 5.11 Å². The molecule has 1 saturated heterocycles. The van der Waals surface area contributed by atoms with Gasteiger partial charge < -0.3 is 10.0 Å². The van der Waals surface area contributed by atoms with E-state index in [1.165, 1.54) is 19.3 Å². The van der Waals surface area contributed by atoms with Crippen molar-refractivity contribution in [1.82, 2.24) is 4.90 Å². The van der Waals surface area contributed by atoms with E-state index < -0.39 is 0 Å². The van der Waals surface area contributed by atoms with Crippen LogP contribution in [0.2, 0.25) is 0 Å². The van der Waals surface area contributed by atoms with E-state index in [-0.39, 0.29) is 18.4 Å². The summed E-state index contributed by atoms with van der Waals surface area (Å²) in [6, 6.07) is 0. The number of aliphatic hydroxyl groups is 1. The van der Waals surface area contributed by atoms with Crippen molar-refractivity contribution < 1.29 is 9.90 Å². The summed E-state index contributed by atoms with van der Waals surface area (Å²) < 4.78 is 0. The lowest BCUT2D eigenvalue weighted by Gasteiger charge is -2.30. The highest BCUT2D eigenvalue weighted by Crippen LogP contribution is 2.29. The molecule has 1 amide bonds. The molecule has 13 heavy (non-hydrogen) atoms. The van der Waals surface area contributed by atoms with Crippen LogP contribution in [0.4, 0.5) is 0 Å². The Morgan fingerprint density at radius 3 is 2.62 bits per heavy atom. The number of rotatable bonds is 3. The Labute approximate surface area is 78.7 Å². The van der Waals surface area contributed by atoms with Crippen molar-refractivity contribution in [3.63, 3.8) is 0 Å². The summed E-state index contributed by atoms with van der Waals surface area (Å²) in [4.78, 5) is 13.4. The Balaban J connectivity index is 1.81. The van der Waals surface area contributed by atoms with Gasteiger partial charge in [0.15, 0.2) is 0 Å². The molecular weight excluding hydrogens is 166 g/mol. The van der Waals surface area contributed by atoms with Gasteiger partial charge in [0.1, 0.15) is 0 Å². The number of nitrogens with zero attached hydrogens (tertiary/aromatic N) is 1. The second-order valence-corrected chi connectivity index (χ2v) is 4.35. The summed E-state index contributed by atoms with van der Waals surface area (Å²) in [5.41, 5.74) is 0. The van der Waals surface area contributed by atoms with Crippen LogP contribution >= 0.6 is 0 Å². The summed E-state index contributed by atoms with van der Waals surface area (Å²) in [6.45, 7) is 1.88. The molecule has 0 bridgehead atoms. The van der Waals surface area contributed by atoms with E-state index in [0.29, 0.717) is 6.42 Å². The first-order valence-corrected chi connectivity index (χ1v) is 5.18. The Bertz CT molecular complexity index is 201. The van der Waals surface area contributed by atoms with E-state index in [1.54, 1.807) is 0 Å². The third kappa shape index (κ3) is 1.85. The molecule has 3 heteroatoms. The number of carbonyl (C=O) groups is 1. The predicted molar refractivity (Wildman–Crippen MR) is 49.1 cm³/mol. The van der Waals surface area contributed by atoms with E-state index >= 15 is 0 Å². The molecule has 1 heterocycles. The van der Waals surface area contributed by atoms with Gasteiger partial charge in [-0.1, -0.05) is 6.42 Å². The highest BCUT2D eigenvalue weighted by Gasteiger charge is 2.31. The molecule has 0 spiro atoms. The largest absolute Gasteiger partial charge is 0.396 e. The second-order valence-electron chi connectivity index (χ2n) is 4.35. The van der Waals surface area contributed by atoms with Crippen LogP contribution < -0.4 is 0 Å². The van der Waals surface area contributed by atoms with Gasteiger partial charge in [0.25, 0.3) is 0 Å². The number of carbonyl (C=O) groups excluding carboxylic acids is 1. The minimum absolute atomic E-state index is 0.160. The van der Waals surface area contributed by atoms with Crippen LogP contribution in [-0.2, 0) is 4.79 Å². The van der Waals surface area contributed by atoms with Crippen molar-refractivity contribution in [2.45, 2.75) is 25.7 Å². The van der Waals surface area contributed by atoms with Crippen molar-refractivity contribution in [3.8, 4) is 0 Å². The van der Waals surface area contributed by atoms with Crippen molar-refractivity contribution >= 4 is 5.91 Å². The van der Waals surface area contributed by atoms with Gasteiger partial charge in [0.05, 0.1) is 0 Å². The first-order valence-electron chi connectivity index (χ1n) is 5.18. The molecule has 3 nitrogen and oxygen atoms in total. The number of hydrogen-bond acceptors (Lipinski definition) is 2. The molecule has 0 aromatic rings. The van der Waals surface area contributed by atoms with Crippen LogP contribution in [0, 0.1) is 11.8 Å². The number of aliphatic hydroxyl groups excluding tert-OH is 1. The molecule has 2 rings (SSSR count). The molecule has 1 saturated carbocycles. The SMILES string of the molecule is O=C1CC(CO)CN1CC1CCC1. The van der Waals surface area contributed by atoms with E-state index in [9.17, 15) is 4.79 Å². The minimum atomic E-state index is 0.160. The summed E-state index contributed by atoms with van der Waals surface area (Å²) >= 11 is 0. The Kier molecular flexibility index (Phi) is 2.54. The van der Waals surface area contributed by atoms with Crippen LogP contribution in [0.15, 0.2) is 0 Å². The van der Waals surface area contributed by atoms with Crippen molar-refractivity contribution in [2.24, 2.45) is 11.8 Å². The summed E-state index contributed by atoms with van der Waals surface area (Å²) in [5, 5.41) is 8.93. The van der Waals surface area contributed by atoms with Crippen LogP contribution in [0.5, 0.6) is 0 Å². The van der Waals surface area contributed by atoms with Crippen LogP contribution in [0.3, 0.4) is 0 Å². The number of likely N-dealkylation sites (tertiary alicyclic amines) is 1. The number of hydrogen-bond donors (Lipinski definition) is 1. The second kappa shape index (κ2) is 3.66. The van der Waals surface area contributed by atoms with Gasteiger partial charge >= 0.3 is 0 Å². The fraction of sp³-hybridized carbons (Fsp3) is 0.900. The zero-order chi connectivity index (χ0) is 9.26. The predicted octanol–water partition coefficient (Wildman–Crippen LogP) is 0.627. The summed E-state index contributed by atoms with van der Waals surface area (Å²) in [7, 11) is 0. The fourth-order valence-corrected chi connectivity index (χ4v) is 2.14. The first kappa shape index (κ1) is 9.00. The van der Waals surface area contributed by atoms with Gasteiger partial charge in [-0.2, -0.15) is 0 Å². The van der Waals surface area contributed by atoms with Gasteiger partial charge in [-0.05, 0) is 18.8 Å². The van der Waals surface area contributed by atoms with E-state index in [2.05, 4.69) is 0 Å². The lowest BCUT2D eigenvalue weighted by atomic mass is 9.85. The first-order chi connectivity index (χ1) is 6.29. The lowest BCUT2D eigenvalue weighted by Crippen LogP contribution is -2.33. The molecule has 2 fully saturated rings. The molecule has 74 valence electrons. The highest BCUT2D eigenvalue weighted by atomic mass is 16.3. The van der Waals surface area contributed by atoms with Gasteiger partial charge in [0, 0.05) is 32.0 Å². The topological polar surface area (TPSA) is 40.5 Å². The molecule has 0 aromatic heterocycles. The van der Waals surface area contributed by atoms with Crippen molar-refractivity contribution in [1.29, 1.82) is 0 Å². The average Bonchev–Trinajstić information content (AvgIpc) is 2.39. The molecule has 1 unspecified atom stereocenters. The maximum atomic E-state index is 11.4. The Morgan fingerprint density at radius 1 is 1.38 bits per heavy atom. The van der Waals surface area contributed by atoms with Crippen molar-refractivity contribution in [3.05, 3.63) is 0 Å². The molecule has 1 N–H and O–H groups in total. The lowest BCUT2D eigenvalue weighted by molar-refractivity contribution is -0.128. The zero-order valence-electron chi connectivity index (χ0n) is 7.91. The molecule has 1 atom stereocenters. The van der Waals surface area contributed by atoms with Gasteiger partial charge in [-0.15, -0.1) is 0 Å². The summed E-state index contributed by atoms with van der Waals surface area (Å²) in [5.74, 6) is 1.19. The molecule has 1 aliphatic carbocycles. The van der Waals surface area contributed by atoms with Crippen LogP contribution in [0.1, 0.15) is 25.7 Å². The highest BCUT2D eigenvalue weighted by molar-refractivity contribution is 5.78. The molecular formula is C10H17NO2. The summed E-state index contributed by atoms with van der Waals surface area (Å²) in [6.07, 6.45) is 4.46. The van der Waals surface area contributed by atoms with Crippen LogP contribution in [-0.4, -0.2) is 35.6 Å². The third-order valence-electron chi connectivity index (χ3n) is 3.26.